The third-order valence-corrected chi connectivity index (χ3v) is 4.46. The highest BCUT2D eigenvalue weighted by atomic mass is 19.4. The van der Waals surface area contributed by atoms with E-state index in [9.17, 15) is 22.4 Å². The number of rotatable bonds is 4. The fourth-order valence-electron chi connectivity index (χ4n) is 3.23. The summed E-state index contributed by atoms with van der Waals surface area (Å²) in [4.78, 5) is 17.4. The number of anilines is 1. The van der Waals surface area contributed by atoms with E-state index in [4.69, 9.17) is 0 Å². The first-order valence-corrected chi connectivity index (χ1v) is 8.75. The number of ether oxygens (including phenoxy) is 1. The van der Waals surface area contributed by atoms with Gasteiger partial charge in [-0.15, -0.1) is 13.2 Å². The molecule has 5 nitrogen and oxygen atoms in total. The largest absolute Gasteiger partial charge is 0.573 e. The van der Waals surface area contributed by atoms with Crippen LogP contribution in [0.4, 0.5) is 23.2 Å². The average Bonchev–Trinajstić information content (AvgIpc) is 2.61. The molecule has 0 aliphatic carbocycles. The predicted molar refractivity (Wildman–Crippen MR) is 95.4 cm³/mol. The molecule has 1 aromatic heterocycles. The van der Waals surface area contributed by atoms with Gasteiger partial charge < -0.3 is 15.0 Å². The van der Waals surface area contributed by atoms with Crippen molar-refractivity contribution in [1.29, 1.82) is 0 Å². The SMILES string of the molecule is CC(=O)NC1CCN(c2ccnc(-c3ccc(OC(F)(F)F)cc3F)c2)CC1. The van der Waals surface area contributed by atoms with E-state index in [1.807, 2.05) is 0 Å². The van der Waals surface area contributed by atoms with Crippen molar-refractivity contribution in [2.24, 2.45) is 0 Å². The molecule has 1 amide bonds. The Morgan fingerprint density at radius 2 is 1.93 bits per heavy atom. The van der Waals surface area contributed by atoms with Crippen LogP contribution in [-0.4, -0.2) is 36.4 Å². The minimum Gasteiger partial charge on any atom is -0.406 e. The van der Waals surface area contributed by atoms with Crippen molar-refractivity contribution in [3.8, 4) is 17.0 Å². The number of hydrogen-bond donors (Lipinski definition) is 1. The molecule has 1 aliphatic rings. The number of aromatic nitrogens is 1. The van der Waals surface area contributed by atoms with Crippen molar-refractivity contribution >= 4 is 11.6 Å². The zero-order valence-corrected chi connectivity index (χ0v) is 15.1. The average molecular weight is 397 g/mol. The first kappa shape index (κ1) is 19.9. The van der Waals surface area contributed by atoms with Crippen molar-refractivity contribution in [3.63, 3.8) is 0 Å². The fraction of sp³-hybridized carbons (Fsp3) is 0.368. The van der Waals surface area contributed by atoms with E-state index in [2.05, 4.69) is 19.9 Å². The molecule has 150 valence electrons. The third kappa shape index (κ3) is 5.11. The number of alkyl halides is 3. The molecule has 28 heavy (non-hydrogen) atoms. The van der Waals surface area contributed by atoms with E-state index in [-0.39, 0.29) is 17.5 Å². The van der Waals surface area contributed by atoms with Gasteiger partial charge in [-0.25, -0.2) is 4.39 Å². The van der Waals surface area contributed by atoms with Crippen molar-refractivity contribution in [3.05, 3.63) is 42.3 Å². The Balaban J connectivity index is 1.74. The first-order valence-electron chi connectivity index (χ1n) is 8.75. The monoisotopic (exact) mass is 397 g/mol. The Kier molecular flexibility index (Phi) is 5.71. The Morgan fingerprint density at radius 1 is 1.21 bits per heavy atom. The number of amides is 1. The summed E-state index contributed by atoms with van der Waals surface area (Å²) in [5, 5.41) is 2.90. The number of hydrogen-bond acceptors (Lipinski definition) is 4. The summed E-state index contributed by atoms with van der Waals surface area (Å²) in [7, 11) is 0. The molecule has 0 saturated carbocycles. The minimum absolute atomic E-state index is 0.0573. The van der Waals surface area contributed by atoms with Crippen molar-refractivity contribution < 1.29 is 27.1 Å². The number of nitrogens with zero attached hydrogens (tertiary/aromatic N) is 2. The lowest BCUT2D eigenvalue weighted by molar-refractivity contribution is -0.274. The lowest BCUT2D eigenvalue weighted by Crippen LogP contribution is -2.44. The van der Waals surface area contributed by atoms with Crippen LogP contribution in [0, 0.1) is 5.82 Å². The van der Waals surface area contributed by atoms with Gasteiger partial charge in [0, 0.05) is 49.6 Å². The number of carbonyl (C=O) groups is 1. The molecule has 9 heteroatoms. The molecule has 1 aliphatic heterocycles. The van der Waals surface area contributed by atoms with Gasteiger partial charge >= 0.3 is 6.36 Å². The van der Waals surface area contributed by atoms with Gasteiger partial charge in [0.15, 0.2) is 0 Å². The van der Waals surface area contributed by atoms with Gasteiger partial charge in [0.25, 0.3) is 0 Å². The second kappa shape index (κ2) is 8.04. The molecule has 0 unspecified atom stereocenters. The lowest BCUT2D eigenvalue weighted by Gasteiger charge is -2.33. The molecule has 1 aromatic carbocycles. The molecular weight excluding hydrogens is 378 g/mol. The molecule has 0 atom stereocenters. The smallest absolute Gasteiger partial charge is 0.406 e. The topological polar surface area (TPSA) is 54.5 Å². The second-order valence-corrected chi connectivity index (χ2v) is 6.55. The second-order valence-electron chi connectivity index (χ2n) is 6.55. The molecule has 1 saturated heterocycles. The van der Waals surface area contributed by atoms with Crippen LogP contribution in [0.1, 0.15) is 19.8 Å². The van der Waals surface area contributed by atoms with E-state index in [1.54, 1.807) is 12.1 Å². The molecule has 0 spiro atoms. The fourth-order valence-corrected chi connectivity index (χ4v) is 3.23. The number of piperidine rings is 1. The Bertz CT molecular complexity index is 849. The highest BCUT2D eigenvalue weighted by Gasteiger charge is 2.31. The van der Waals surface area contributed by atoms with Crippen LogP contribution in [0.25, 0.3) is 11.3 Å². The van der Waals surface area contributed by atoms with Crippen LogP contribution in [0.15, 0.2) is 36.5 Å². The molecule has 0 radical (unpaired) electrons. The number of carbonyl (C=O) groups excluding carboxylic acids is 1. The zero-order valence-electron chi connectivity index (χ0n) is 15.1. The molecule has 2 heterocycles. The maximum absolute atomic E-state index is 14.3. The minimum atomic E-state index is -4.88. The van der Waals surface area contributed by atoms with Gasteiger partial charge in [-0.2, -0.15) is 0 Å². The Hall–Kier alpha value is -2.84. The van der Waals surface area contributed by atoms with Crippen LogP contribution < -0.4 is 15.0 Å². The molecule has 3 rings (SSSR count). The molecular formula is C19H19F4N3O2. The summed E-state index contributed by atoms with van der Waals surface area (Å²) in [6.45, 7) is 2.92. The molecule has 1 N–H and O–H groups in total. The van der Waals surface area contributed by atoms with E-state index < -0.39 is 17.9 Å². The first-order chi connectivity index (χ1) is 13.2. The normalized spacial score (nSPS) is 15.4. The van der Waals surface area contributed by atoms with E-state index in [0.717, 1.165) is 37.7 Å². The van der Waals surface area contributed by atoms with Crippen LogP contribution >= 0.6 is 0 Å². The Morgan fingerprint density at radius 3 is 2.54 bits per heavy atom. The number of benzene rings is 1. The van der Waals surface area contributed by atoms with Gasteiger partial charge in [0.1, 0.15) is 11.6 Å². The highest BCUT2D eigenvalue weighted by molar-refractivity contribution is 5.73. The van der Waals surface area contributed by atoms with Crippen molar-refractivity contribution in [2.45, 2.75) is 32.2 Å². The van der Waals surface area contributed by atoms with E-state index in [0.29, 0.717) is 11.8 Å². The maximum atomic E-state index is 14.3. The molecule has 2 aromatic rings. The number of pyridine rings is 1. The summed E-state index contributed by atoms with van der Waals surface area (Å²) in [6.07, 6.45) is -1.77. The van der Waals surface area contributed by atoms with Gasteiger partial charge in [-0.3, -0.25) is 9.78 Å². The summed E-state index contributed by atoms with van der Waals surface area (Å²) in [5.41, 5.74) is 1.24. The van der Waals surface area contributed by atoms with Crippen LogP contribution in [0.2, 0.25) is 0 Å². The van der Waals surface area contributed by atoms with Gasteiger partial charge in [0.2, 0.25) is 5.91 Å². The van der Waals surface area contributed by atoms with Crippen molar-refractivity contribution in [1.82, 2.24) is 10.3 Å². The standard InChI is InChI=1S/C19H19F4N3O2/c1-12(27)25-13-5-8-26(9-6-13)14-4-7-24-18(10-14)16-3-2-15(11-17(16)20)28-19(21,22)23/h2-4,7,10-11,13H,5-6,8-9H2,1H3,(H,25,27). The van der Waals surface area contributed by atoms with Crippen LogP contribution in [0.3, 0.4) is 0 Å². The number of nitrogens with one attached hydrogen (secondary N) is 1. The van der Waals surface area contributed by atoms with Crippen LogP contribution in [0.5, 0.6) is 5.75 Å². The quantitative estimate of drug-likeness (QED) is 0.796. The van der Waals surface area contributed by atoms with E-state index >= 15 is 0 Å². The summed E-state index contributed by atoms with van der Waals surface area (Å²) in [6, 6.07) is 6.58. The highest BCUT2D eigenvalue weighted by Crippen LogP contribution is 2.30. The zero-order chi connectivity index (χ0) is 20.3. The van der Waals surface area contributed by atoms with Gasteiger partial charge in [-0.05, 0) is 37.1 Å². The van der Waals surface area contributed by atoms with E-state index in [1.165, 1.54) is 19.2 Å². The summed E-state index contributed by atoms with van der Waals surface area (Å²) >= 11 is 0. The lowest BCUT2D eigenvalue weighted by atomic mass is 10.0. The van der Waals surface area contributed by atoms with Crippen LogP contribution in [-0.2, 0) is 4.79 Å². The maximum Gasteiger partial charge on any atom is 0.573 e. The van der Waals surface area contributed by atoms with Gasteiger partial charge in [0.05, 0.1) is 5.69 Å². The molecule has 1 fully saturated rings. The number of halogens is 4. The Labute approximate surface area is 159 Å². The van der Waals surface area contributed by atoms with Crippen molar-refractivity contribution in [2.75, 3.05) is 18.0 Å². The van der Waals surface area contributed by atoms with Gasteiger partial charge in [-0.1, -0.05) is 0 Å². The molecule has 0 bridgehead atoms. The third-order valence-electron chi connectivity index (χ3n) is 4.46. The summed E-state index contributed by atoms with van der Waals surface area (Å²) in [5.74, 6) is -1.53. The predicted octanol–water partition coefficient (Wildman–Crippen LogP) is 3.89. The summed E-state index contributed by atoms with van der Waals surface area (Å²) < 4.78 is 54.8.